The molecule has 3 N–H and O–H groups in total. The number of rotatable bonds is 2. The third-order valence-electron chi connectivity index (χ3n) is 1.43. The van der Waals surface area contributed by atoms with Gasteiger partial charge in [-0.2, -0.15) is 0 Å². The third-order valence-corrected chi connectivity index (χ3v) is 2.54. The fourth-order valence-electron chi connectivity index (χ4n) is 0.817. The Morgan fingerprint density at radius 2 is 2.00 bits per heavy atom. The van der Waals surface area contributed by atoms with Gasteiger partial charge in [-0.05, 0) is 18.2 Å². The Hall–Kier alpha value is -0.780. The zero-order chi connectivity index (χ0) is 9.19. The van der Waals surface area contributed by atoms with Crippen LogP contribution in [0.1, 0.15) is 0 Å². The van der Waals surface area contributed by atoms with Crippen LogP contribution >= 0.6 is 12.4 Å². The van der Waals surface area contributed by atoms with Crippen molar-refractivity contribution in [1.29, 1.82) is 0 Å². The van der Waals surface area contributed by atoms with E-state index in [0.717, 1.165) is 6.26 Å². The highest BCUT2D eigenvalue weighted by molar-refractivity contribution is 7.90. The number of hydrogen-bond acceptors (Lipinski definition) is 4. The van der Waals surface area contributed by atoms with Crippen molar-refractivity contribution < 1.29 is 8.42 Å². The first-order chi connectivity index (χ1) is 5.54. The first kappa shape index (κ1) is 12.2. The minimum atomic E-state index is -3.13. The molecule has 0 bridgehead atoms. The number of hydrogen-bond donors (Lipinski definition) is 2. The summed E-state index contributed by atoms with van der Waals surface area (Å²) in [7, 11) is -3.13. The van der Waals surface area contributed by atoms with Gasteiger partial charge in [0.1, 0.15) is 0 Å². The van der Waals surface area contributed by atoms with E-state index in [1.54, 1.807) is 12.1 Å². The van der Waals surface area contributed by atoms with Crippen molar-refractivity contribution in [3.8, 4) is 0 Å². The van der Waals surface area contributed by atoms with Crippen LogP contribution < -0.4 is 11.3 Å². The van der Waals surface area contributed by atoms with E-state index < -0.39 is 9.84 Å². The molecule has 0 aliphatic carbocycles. The van der Waals surface area contributed by atoms with Crippen LogP contribution in [0.5, 0.6) is 0 Å². The Balaban J connectivity index is 0.00000144. The zero-order valence-electron chi connectivity index (χ0n) is 7.02. The van der Waals surface area contributed by atoms with Gasteiger partial charge in [-0.3, -0.25) is 5.84 Å². The molecule has 13 heavy (non-hydrogen) atoms. The van der Waals surface area contributed by atoms with Gasteiger partial charge >= 0.3 is 0 Å². The highest BCUT2D eigenvalue weighted by Gasteiger charge is 2.05. The van der Waals surface area contributed by atoms with Gasteiger partial charge in [-0.15, -0.1) is 12.4 Å². The molecule has 0 atom stereocenters. The number of benzene rings is 1. The van der Waals surface area contributed by atoms with Crippen molar-refractivity contribution in [2.24, 2.45) is 5.84 Å². The maximum absolute atomic E-state index is 11.0. The molecule has 1 aromatic carbocycles. The van der Waals surface area contributed by atoms with Gasteiger partial charge in [0.2, 0.25) is 0 Å². The number of hydrazine groups is 1. The van der Waals surface area contributed by atoms with Crippen molar-refractivity contribution in [3.63, 3.8) is 0 Å². The van der Waals surface area contributed by atoms with Gasteiger partial charge in [0.05, 0.1) is 4.90 Å². The van der Waals surface area contributed by atoms with Gasteiger partial charge in [0.15, 0.2) is 9.84 Å². The molecule has 0 heterocycles. The summed E-state index contributed by atoms with van der Waals surface area (Å²) in [5.41, 5.74) is 2.96. The summed E-state index contributed by atoms with van der Waals surface area (Å²) < 4.78 is 22.1. The molecule has 0 aromatic heterocycles. The Bertz CT molecular complexity index is 378. The van der Waals surface area contributed by atoms with Crippen LogP contribution in [-0.4, -0.2) is 14.7 Å². The smallest absolute Gasteiger partial charge is 0.175 e. The number of nitrogens with one attached hydrogen (secondary N) is 1. The van der Waals surface area contributed by atoms with E-state index in [-0.39, 0.29) is 17.3 Å². The van der Waals surface area contributed by atoms with E-state index in [1.165, 1.54) is 12.1 Å². The molecule has 1 rings (SSSR count). The summed E-state index contributed by atoms with van der Waals surface area (Å²) >= 11 is 0. The maximum atomic E-state index is 11.0. The second-order valence-corrected chi connectivity index (χ2v) is 4.46. The molecule has 0 unspecified atom stereocenters. The second-order valence-electron chi connectivity index (χ2n) is 2.44. The summed E-state index contributed by atoms with van der Waals surface area (Å²) in [6.45, 7) is 0. The van der Waals surface area contributed by atoms with Gasteiger partial charge < -0.3 is 5.43 Å². The number of nitrogen functional groups attached to an aromatic ring is 1. The van der Waals surface area contributed by atoms with E-state index in [2.05, 4.69) is 5.43 Å². The van der Waals surface area contributed by atoms with Gasteiger partial charge in [-0.25, -0.2) is 8.42 Å². The number of sulfone groups is 1. The predicted octanol–water partition coefficient (Wildman–Crippen LogP) is 0.797. The zero-order valence-corrected chi connectivity index (χ0v) is 8.65. The molecule has 74 valence electrons. The van der Waals surface area contributed by atoms with Crippen molar-refractivity contribution >= 4 is 27.9 Å². The minimum Gasteiger partial charge on any atom is -0.324 e. The Morgan fingerprint density at radius 3 is 2.46 bits per heavy atom. The maximum Gasteiger partial charge on any atom is 0.175 e. The largest absolute Gasteiger partial charge is 0.324 e. The summed E-state index contributed by atoms with van der Waals surface area (Å²) in [4.78, 5) is 0.262. The van der Waals surface area contributed by atoms with Gasteiger partial charge in [-0.1, -0.05) is 6.07 Å². The molecule has 0 amide bonds. The van der Waals surface area contributed by atoms with E-state index in [0.29, 0.717) is 5.69 Å². The van der Waals surface area contributed by atoms with Crippen LogP contribution in [0.4, 0.5) is 5.69 Å². The third kappa shape index (κ3) is 3.22. The lowest BCUT2D eigenvalue weighted by Gasteiger charge is -2.01. The molecule has 0 spiro atoms. The molecular formula is C7H11ClN2O2S. The highest BCUT2D eigenvalue weighted by Crippen LogP contribution is 2.13. The fourth-order valence-corrected chi connectivity index (χ4v) is 1.48. The first-order valence-corrected chi connectivity index (χ1v) is 5.20. The van der Waals surface area contributed by atoms with E-state index in [1.807, 2.05) is 0 Å². The normalized spacial score (nSPS) is 10.3. The summed E-state index contributed by atoms with van der Waals surface area (Å²) in [5.74, 6) is 5.12. The van der Waals surface area contributed by atoms with Crippen molar-refractivity contribution in [2.75, 3.05) is 11.7 Å². The standard InChI is InChI=1S/C7H10N2O2S.ClH/c1-12(10,11)7-4-2-3-6(5-7)9-8;/h2-5,9H,8H2,1H3;1H. The molecule has 0 saturated heterocycles. The number of anilines is 1. The van der Waals surface area contributed by atoms with Crippen molar-refractivity contribution in [3.05, 3.63) is 24.3 Å². The fraction of sp³-hybridized carbons (Fsp3) is 0.143. The SMILES string of the molecule is CS(=O)(=O)c1cccc(NN)c1.Cl. The van der Waals surface area contributed by atoms with Gasteiger partial charge in [0.25, 0.3) is 0 Å². The average Bonchev–Trinajstić information content (AvgIpc) is 2.03. The van der Waals surface area contributed by atoms with E-state index >= 15 is 0 Å². The quantitative estimate of drug-likeness (QED) is 0.574. The molecule has 0 aliphatic heterocycles. The lowest BCUT2D eigenvalue weighted by Crippen LogP contribution is -2.07. The molecule has 0 saturated carbocycles. The van der Waals surface area contributed by atoms with Crippen molar-refractivity contribution in [1.82, 2.24) is 0 Å². The molecule has 6 heteroatoms. The molecule has 0 aliphatic rings. The minimum absolute atomic E-state index is 0. The van der Waals surface area contributed by atoms with E-state index in [4.69, 9.17) is 5.84 Å². The lowest BCUT2D eigenvalue weighted by atomic mass is 10.3. The highest BCUT2D eigenvalue weighted by atomic mass is 35.5. The molecule has 0 fully saturated rings. The van der Waals surface area contributed by atoms with E-state index in [9.17, 15) is 8.42 Å². The molecule has 1 aromatic rings. The topological polar surface area (TPSA) is 72.2 Å². The van der Waals surface area contributed by atoms with Crippen LogP contribution in [-0.2, 0) is 9.84 Å². The Morgan fingerprint density at radius 1 is 1.38 bits per heavy atom. The van der Waals surface area contributed by atoms with Crippen LogP contribution in [0.2, 0.25) is 0 Å². The Kier molecular flexibility index (Phi) is 4.19. The number of halogens is 1. The van der Waals surface area contributed by atoms with Crippen LogP contribution in [0.15, 0.2) is 29.2 Å². The first-order valence-electron chi connectivity index (χ1n) is 3.31. The second kappa shape index (κ2) is 4.45. The molecular weight excluding hydrogens is 212 g/mol. The molecule has 0 radical (unpaired) electrons. The van der Waals surface area contributed by atoms with Crippen LogP contribution in [0.3, 0.4) is 0 Å². The van der Waals surface area contributed by atoms with Crippen LogP contribution in [0, 0.1) is 0 Å². The monoisotopic (exact) mass is 222 g/mol. The average molecular weight is 223 g/mol. The lowest BCUT2D eigenvalue weighted by molar-refractivity contribution is 0.602. The summed E-state index contributed by atoms with van der Waals surface area (Å²) in [6.07, 6.45) is 1.16. The molecule has 4 nitrogen and oxygen atoms in total. The summed E-state index contributed by atoms with van der Waals surface area (Å²) in [5, 5.41) is 0. The number of nitrogens with two attached hydrogens (primary N) is 1. The summed E-state index contributed by atoms with van der Waals surface area (Å²) in [6, 6.07) is 6.33. The van der Waals surface area contributed by atoms with Crippen molar-refractivity contribution in [2.45, 2.75) is 4.90 Å². The van der Waals surface area contributed by atoms with Crippen LogP contribution in [0.25, 0.3) is 0 Å². The predicted molar refractivity (Wildman–Crippen MR) is 54.6 cm³/mol. The van der Waals surface area contributed by atoms with Gasteiger partial charge in [0, 0.05) is 11.9 Å². The Labute approximate surface area is 83.4 Å².